The third kappa shape index (κ3) is 1.17. The lowest BCUT2D eigenvalue weighted by Gasteiger charge is -2.35. The van der Waals surface area contributed by atoms with E-state index < -0.39 is 0 Å². The number of nitrogens with zero attached hydrogens (tertiary/aromatic N) is 1. The quantitative estimate of drug-likeness (QED) is 0.720. The van der Waals surface area contributed by atoms with Gasteiger partial charge in [0.1, 0.15) is 6.04 Å². The molecule has 2 aliphatic rings. The van der Waals surface area contributed by atoms with Crippen molar-refractivity contribution in [3.63, 3.8) is 0 Å². The number of fused-ring (bicyclic) bond motifs is 3. The van der Waals surface area contributed by atoms with Crippen LogP contribution in [0, 0.1) is 12.8 Å². The second-order valence-corrected chi connectivity index (χ2v) is 4.86. The maximum Gasteiger partial charge on any atom is 0.247 e. The first-order chi connectivity index (χ1) is 7.68. The second-order valence-electron chi connectivity index (χ2n) is 4.86. The molecule has 2 aliphatic heterocycles. The van der Waals surface area contributed by atoms with Crippen LogP contribution in [0.5, 0.6) is 0 Å². The molecule has 1 fully saturated rings. The number of anilines is 2. The predicted molar refractivity (Wildman–Crippen MR) is 64.7 cm³/mol. The lowest BCUT2D eigenvalue weighted by atomic mass is 9.99. The molecule has 3 heteroatoms. The van der Waals surface area contributed by atoms with Crippen LogP contribution in [-0.4, -0.2) is 18.5 Å². The number of benzene rings is 1. The molecule has 3 nitrogen and oxygen atoms in total. The third-order valence-electron chi connectivity index (χ3n) is 3.78. The van der Waals surface area contributed by atoms with Gasteiger partial charge in [0.15, 0.2) is 0 Å². The summed E-state index contributed by atoms with van der Waals surface area (Å²) in [5.74, 6) is 0.612. The molecule has 0 radical (unpaired) electrons. The smallest absolute Gasteiger partial charge is 0.247 e. The van der Waals surface area contributed by atoms with E-state index in [1.807, 2.05) is 13.0 Å². The van der Waals surface area contributed by atoms with Crippen molar-refractivity contribution in [3.05, 3.63) is 23.8 Å². The zero-order chi connectivity index (χ0) is 11.3. The average molecular weight is 216 g/mol. The van der Waals surface area contributed by atoms with Crippen molar-refractivity contribution in [1.82, 2.24) is 0 Å². The van der Waals surface area contributed by atoms with Crippen LogP contribution in [0.1, 0.15) is 18.9 Å². The molecule has 1 saturated heterocycles. The lowest BCUT2D eigenvalue weighted by Crippen LogP contribution is -2.46. The lowest BCUT2D eigenvalue weighted by molar-refractivity contribution is -0.118. The van der Waals surface area contributed by atoms with E-state index in [2.05, 4.69) is 29.3 Å². The van der Waals surface area contributed by atoms with Gasteiger partial charge in [0.2, 0.25) is 5.91 Å². The molecule has 2 unspecified atom stereocenters. The van der Waals surface area contributed by atoms with Gasteiger partial charge in [-0.05, 0) is 30.9 Å². The van der Waals surface area contributed by atoms with Gasteiger partial charge < -0.3 is 10.2 Å². The van der Waals surface area contributed by atoms with Crippen LogP contribution in [0.4, 0.5) is 11.4 Å². The Kier molecular flexibility index (Phi) is 1.96. The monoisotopic (exact) mass is 216 g/mol. The second kappa shape index (κ2) is 3.24. The summed E-state index contributed by atoms with van der Waals surface area (Å²) in [6.07, 6.45) is 1.10. The molecule has 3 rings (SSSR count). The number of carbonyl (C=O) groups is 1. The van der Waals surface area contributed by atoms with Gasteiger partial charge in [0.05, 0.1) is 11.4 Å². The molecule has 16 heavy (non-hydrogen) atoms. The number of rotatable bonds is 0. The number of hydrogen-bond acceptors (Lipinski definition) is 2. The summed E-state index contributed by atoms with van der Waals surface area (Å²) in [6.45, 7) is 5.19. The van der Waals surface area contributed by atoms with Crippen LogP contribution < -0.4 is 10.2 Å². The third-order valence-corrected chi connectivity index (χ3v) is 3.78. The van der Waals surface area contributed by atoms with Crippen molar-refractivity contribution < 1.29 is 4.79 Å². The molecule has 2 atom stereocenters. The highest BCUT2D eigenvalue weighted by Gasteiger charge is 2.41. The fraction of sp³-hybridized carbons (Fsp3) is 0.462. The van der Waals surface area contributed by atoms with Gasteiger partial charge in [-0.25, -0.2) is 0 Å². The summed E-state index contributed by atoms with van der Waals surface area (Å²) in [5, 5.41) is 3.05. The van der Waals surface area contributed by atoms with Crippen molar-refractivity contribution in [2.75, 3.05) is 16.8 Å². The molecule has 0 spiro atoms. The van der Waals surface area contributed by atoms with E-state index in [0.29, 0.717) is 5.92 Å². The molecule has 0 bridgehead atoms. The summed E-state index contributed by atoms with van der Waals surface area (Å²) in [6, 6.07) is 6.24. The zero-order valence-corrected chi connectivity index (χ0v) is 9.66. The van der Waals surface area contributed by atoms with E-state index in [1.165, 1.54) is 5.69 Å². The van der Waals surface area contributed by atoms with Gasteiger partial charge in [-0.1, -0.05) is 19.1 Å². The van der Waals surface area contributed by atoms with Crippen LogP contribution >= 0.6 is 0 Å². The zero-order valence-electron chi connectivity index (χ0n) is 9.66. The minimum Gasteiger partial charge on any atom is -0.358 e. The van der Waals surface area contributed by atoms with E-state index >= 15 is 0 Å². The Morgan fingerprint density at radius 3 is 3.06 bits per heavy atom. The van der Waals surface area contributed by atoms with E-state index in [9.17, 15) is 4.79 Å². The summed E-state index contributed by atoms with van der Waals surface area (Å²) in [4.78, 5) is 14.3. The standard InChI is InChI=1S/C13H16N2O/c1-8-4-3-5-10-11(8)14-13(16)12-9(2)6-7-15(10)12/h3-5,9,12H,6-7H2,1-2H3,(H,14,16). The molecule has 2 heterocycles. The first kappa shape index (κ1) is 9.70. The molecule has 1 aromatic carbocycles. The van der Waals surface area contributed by atoms with Crippen molar-refractivity contribution in [1.29, 1.82) is 0 Å². The summed E-state index contributed by atoms with van der Waals surface area (Å²) in [7, 11) is 0. The molecule has 1 N–H and O–H groups in total. The van der Waals surface area contributed by atoms with E-state index in [4.69, 9.17) is 0 Å². The van der Waals surface area contributed by atoms with Gasteiger partial charge in [0.25, 0.3) is 0 Å². The number of nitrogens with one attached hydrogen (secondary N) is 1. The number of aryl methyl sites for hydroxylation is 1. The van der Waals surface area contributed by atoms with Crippen LogP contribution in [0.25, 0.3) is 0 Å². The van der Waals surface area contributed by atoms with Gasteiger partial charge in [0, 0.05) is 6.54 Å². The summed E-state index contributed by atoms with van der Waals surface area (Å²) in [5.41, 5.74) is 3.33. The highest BCUT2D eigenvalue weighted by atomic mass is 16.2. The maximum atomic E-state index is 12.0. The molecule has 0 aromatic heterocycles. The van der Waals surface area contributed by atoms with E-state index in [0.717, 1.165) is 24.2 Å². The highest BCUT2D eigenvalue weighted by Crippen LogP contribution is 2.40. The van der Waals surface area contributed by atoms with Crippen molar-refractivity contribution in [2.24, 2.45) is 5.92 Å². The molecule has 1 amide bonds. The fourth-order valence-electron chi connectivity index (χ4n) is 2.87. The normalized spacial score (nSPS) is 27.4. The molecule has 0 aliphatic carbocycles. The predicted octanol–water partition coefficient (Wildman–Crippen LogP) is 2.16. The van der Waals surface area contributed by atoms with Crippen LogP contribution in [0.3, 0.4) is 0 Å². The highest BCUT2D eigenvalue weighted by molar-refractivity contribution is 6.05. The topological polar surface area (TPSA) is 32.3 Å². The van der Waals surface area contributed by atoms with Crippen molar-refractivity contribution in [2.45, 2.75) is 26.3 Å². The maximum absolute atomic E-state index is 12.0. The Balaban J connectivity index is 2.13. The molecule has 84 valence electrons. The molecular formula is C13H16N2O. The minimum atomic E-state index is 0.0364. The first-order valence-corrected chi connectivity index (χ1v) is 5.85. The first-order valence-electron chi connectivity index (χ1n) is 5.85. The Morgan fingerprint density at radius 1 is 1.44 bits per heavy atom. The number of para-hydroxylation sites is 1. The molecule has 1 aromatic rings. The number of amides is 1. The Morgan fingerprint density at radius 2 is 2.25 bits per heavy atom. The van der Waals surface area contributed by atoms with Gasteiger partial charge >= 0.3 is 0 Å². The van der Waals surface area contributed by atoms with Crippen LogP contribution in [0.15, 0.2) is 18.2 Å². The van der Waals surface area contributed by atoms with Crippen LogP contribution in [-0.2, 0) is 4.79 Å². The SMILES string of the molecule is Cc1cccc2c1NC(=O)C1C(C)CCN21. The largest absolute Gasteiger partial charge is 0.358 e. The molecule has 0 saturated carbocycles. The minimum absolute atomic E-state index is 0.0364. The number of carbonyl (C=O) groups excluding carboxylic acids is 1. The van der Waals surface area contributed by atoms with Crippen molar-refractivity contribution >= 4 is 17.3 Å². The van der Waals surface area contributed by atoms with E-state index in [-0.39, 0.29) is 11.9 Å². The average Bonchev–Trinajstić information content (AvgIpc) is 2.64. The van der Waals surface area contributed by atoms with Gasteiger partial charge in [-0.15, -0.1) is 0 Å². The van der Waals surface area contributed by atoms with E-state index in [1.54, 1.807) is 0 Å². The Bertz CT molecular complexity index is 455. The Labute approximate surface area is 95.4 Å². The number of hydrogen-bond donors (Lipinski definition) is 1. The Hall–Kier alpha value is -1.51. The van der Waals surface area contributed by atoms with Gasteiger partial charge in [-0.3, -0.25) is 4.79 Å². The summed E-state index contributed by atoms with van der Waals surface area (Å²) >= 11 is 0. The summed E-state index contributed by atoms with van der Waals surface area (Å²) < 4.78 is 0. The molecular weight excluding hydrogens is 200 g/mol. The van der Waals surface area contributed by atoms with Gasteiger partial charge in [-0.2, -0.15) is 0 Å². The van der Waals surface area contributed by atoms with Crippen LogP contribution in [0.2, 0.25) is 0 Å². The fourth-order valence-corrected chi connectivity index (χ4v) is 2.87. The van der Waals surface area contributed by atoms with Crippen molar-refractivity contribution in [3.8, 4) is 0 Å².